The Hall–Kier alpha value is -1.58. The van der Waals surface area contributed by atoms with Crippen LogP contribution in [0, 0.1) is 11.7 Å². The molecule has 1 fully saturated rings. The van der Waals surface area contributed by atoms with E-state index in [4.69, 9.17) is 5.73 Å². The summed E-state index contributed by atoms with van der Waals surface area (Å²) >= 11 is 0. The molecule has 0 atom stereocenters. The molecule has 3 nitrogen and oxygen atoms in total. The lowest BCUT2D eigenvalue weighted by Crippen LogP contribution is -2.38. The molecular weight excluding hydrogens is 207 g/mol. The van der Waals surface area contributed by atoms with Gasteiger partial charge in [-0.15, -0.1) is 0 Å². The first kappa shape index (κ1) is 10.9. The fourth-order valence-electron chi connectivity index (χ4n) is 2.07. The number of primary amides is 1. The minimum atomic E-state index is -0.226. The van der Waals surface area contributed by atoms with Crippen molar-refractivity contribution in [3.05, 3.63) is 30.1 Å². The van der Waals surface area contributed by atoms with Crippen LogP contribution in [0.2, 0.25) is 0 Å². The Labute approximate surface area is 94.0 Å². The maximum atomic E-state index is 12.7. The molecule has 1 aliphatic heterocycles. The van der Waals surface area contributed by atoms with E-state index in [0.29, 0.717) is 0 Å². The topological polar surface area (TPSA) is 46.3 Å². The fraction of sp³-hybridized carbons (Fsp3) is 0.417. The first-order valence-electron chi connectivity index (χ1n) is 5.46. The van der Waals surface area contributed by atoms with E-state index in [2.05, 4.69) is 4.90 Å². The van der Waals surface area contributed by atoms with Crippen molar-refractivity contribution in [2.24, 2.45) is 11.7 Å². The summed E-state index contributed by atoms with van der Waals surface area (Å²) in [6, 6.07) is 6.44. The summed E-state index contributed by atoms with van der Waals surface area (Å²) in [5.41, 5.74) is 6.27. The second-order valence-electron chi connectivity index (χ2n) is 4.14. The van der Waals surface area contributed by atoms with Crippen LogP contribution in [-0.4, -0.2) is 19.0 Å². The predicted molar refractivity (Wildman–Crippen MR) is 60.5 cm³/mol. The molecule has 0 saturated carbocycles. The third kappa shape index (κ3) is 2.32. The van der Waals surface area contributed by atoms with Crippen LogP contribution in [0.1, 0.15) is 12.8 Å². The highest BCUT2D eigenvalue weighted by Crippen LogP contribution is 2.23. The monoisotopic (exact) mass is 222 g/mol. The molecule has 1 aromatic carbocycles. The normalized spacial score (nSPS) is 17.4. The number of halogens is 1. The summed E-state index contributed by atoms with van der Waals surface area (Å²) in [6.07, 6.45) is 1.57. The van der Waals surface area contributed by atoms with E-state index in [1.807, 2.05) is 0 Å². The highest BCUT2D eigenvalue weighted by Gasteiger charge is 2.22. The molecule has 2 N–H and O–H groups in total. The van der Waals surface area contributed by atoms with Crippen molar-refractivity contribution in [2.75, 3.05) is 18.0 Å². The van der Waals surface area contributed by atoms with E-state index < -0.39 is 0 Å². The lowest BCUT2D eigenvalue weighted by atomic mass is 9.96. The van der Waals surface area contributed by atoms with Gasteiger partial charge in [-0.3, -0.25) is 4.79 Å². The minimum absolute atomic E-state index is 0.00306. The van der Waals surface area contributed by atoms with Crippen LogP contribution in [0.3, 0.4) is 0 Å². The number of hydrogen-bond donors (Lipinski definition) is 1. The first-order chi connectivity index (χ1) is 7.66. The number of nitrogens with zero attached hydrogens (tertiary/aromatic N) is 1. The van der Waals surface area contributed by atoms with Crippen LogP contribution in [0.5, 0.6) is 0 Å². The molecule has 0 aromatic heterocycles. The van der Waals surface area contributed by atoms with E-state index in [-0.39, 0.29) is 17.6 Å². The van der Waals surface area contributed by atoms with E-state index in [9.17, 15) is 9.18 Å². The quantitative estimate of drug-likeness (QED) is 0.824. The SMILES string of the molecule is NC(=O)C1CCN(c2ccc(F)cc2)CC1. The van der Waals surface area contributed by atoms with Crippen LogP contribution in [0.4, 0.5) is 10.1 Å². The van der Waals surface area contributed by atoms with Gasteiger partial charge >= 0.3 is 0 Å². The molecule has 1 amide bonds. The molecule has 1 aliphatic rings. The molecule has 4 heteroatoms. The molecule has 2 rings (SSSR count). The van der Waals surface area contributed by atoms with Crippen molar-refractivity contribution in [1.82, 2.24) is 0 Å². The van der Waals surface area contributed by atoms with Crippen molar-refractivity contribution >= 4 is 11.6 Å². The van der Waals surface area contributed by atoms with E-state index in [1.165, 1.54) is 12.1 Å². The Bertz CT molecular complexity index is 369. The van der Waals surface area contributed by atoms with Crippen LogP contribution in [0.25, 0.3) is 0 Å². The first-order valence-corrected chi connectivity index (χ1v) is 5.46. The van der Waals surface area contributed by atoms with Crippen molar-refractivity contribution in [3.8, 4) is 0 Å². The summed E-state index contributed by atoms with van der Waals surface area (Å²) in [5, 5.41) is 0. The molecule has 1 aromatic rings. The summed E-state index contributed by atoms with van der Waals surface area (Å²) in [5.74, 6) is -0.439. The Morgan fingerprint density at radius 1 is 1.25 bits per heavy atom. The molecule has 0 radical (unpaired) electrons. The molecule has 86 valence electrons. The second-order valence-corrected chi connectivity index (χ2v) is 4.14. The van der Waals surface area contributed by atoms with Gasteiger partial charge in [-0.1, -0.05) is 0 Å². The van der Waals surface area contributed by atoms with Gasteiger partial charge in [0.1, 0.15) is 5.82 Å². The number of hydrogen-bond acceptors (Lipinski definition) is 2. The second kappa shape index (κ2) is 4.51. The van der Waals surface area contributed by atoms with Gasteiger partial charge in [-0.2, -0.15) is 0 Å². The Morgan fingerprint density at radius 3 is 2.31 bits per heavy atom. The van der Waals surface area contributed by atoms with Crippen molar-refractivity contribution in [1.29, 1.82) is 0 Å². The number of piperidine rings is 1. The molecular formula is C12H15FN2O. The average Bonchev–Trinajstić information content (AvgIpc) is 2.30. The lowest BCUT2D eigenvalue weighted by molar-refractivity contribution is -0.122. The smallest absolute Gasteiger partial charge is 0.220 e. The van der Waals surface area contributed by atoms with Gasteiger partial charge in [0.25, 0.3) is 0 Å². The predicted octanol–water partition coefficient (Wildman–Crippen LogP) is 1.53. The summed E-state index contributed by atoms with van der Waals surface area (Å²) in [4.78, 5) is 13.1. The van der Waals surface area contributed by atoms with Crippen LogP contribution < -0.4 is 10.6 Å². The maximum absolute atomic E-state index is 12.7. The van der Waals surface area contributed by atoms with Gasteiger partial charge in [-0.25, -0.2) is 4.39 Å². The highest BCUT2D eigenvalue weighted by molar-refractivity contribution is 5.77. The number of nitrogens with two attached hydrogens (primary N) is 1. The van der Waals surface area contributed by atoms with E-state index in [0.717, 1.165) is 31.6 Å². The van der Waals surface area contributed by atoms with Gasteiger partial charge < -0.3 is 10.6 Å². The zero-order chi connectivity index (χ0) is 11.5. The summed E-state index contributed by atoms with van der Waals surface area (Å²) in [7, 11) is 0. The molecule has 1 saturated heterocycles. The molecule has 16 heavy (non-hydrogen) atoms. The zero-order valence-corrected chi connectivity index (χ0v) is 9.03. The van der Waals surface area contributed by atoms with Gasteiger partial charge in [0.2, 0.25) is 5.91 Å². The molecule has 0 aliphatic carbocycles. The van der Waals surface area contributed by atoms with Gasteiger partial charge in [0.05, 0.1) is 0 Å². The molecule has 1 heterocycles. The molecule has 0 bridgehead atoms. The average molecular weight is 222 g/mol. The number of carbonyl (C=O) groups is 1. The Morgan fingerprint density at radius 2 is 1.81 bits per heavy atom. The summed E-state index contributed by atoms with van der Waals surface area (Å²) < 4.78 is 12.7. The number of benzene rings is 1. The summed E-state index contributed by atoms with van der Waals surface area (Å²) in [6.45, 7) is 1.61. The van der Waals surface area contributed by atoms with Crippen LogP contribution >= 0.6 is 0 Å². The third-order valence-electron chi connectivity index (χ3n) is 3.09. The zero-order valence-electron chi connectivity index (χ0n) is 9.03. The molecule has 0 unspecified atom stereocenters. The highest BCUT2D eigenvalue weighted by atomic mass is 19.1. The van der Waals surface area contributed by atoms with E-state index in [1.54, 1.807) is 12.1 Å². The standard InChI is InChI=1S/C12H15FN2O/c13-10-1-3-11(4-2-10)15-7-5-9(6-8-15)12(14)16/h1-4,9H,5-8H2,(H2,14,16). The fourth-order valence-corrected chi connectivity index (χ4v) is 2.07. The Kier molecular flexibility index (Phi) is 3.08. The number of amides is 1. The van der Waals surface area contributed by atoms with Crippen molar-refractivity contribution in [3.63, 3.8) is 0 Å². The minimum Gasteiger partial charge on any atom is -0.371 e. The number of carbonyl (C=O) groups excluding carboxylic acids is 1. The van der Waals surface area contributed by atoms with Gasteiger partial charge in [0, 0.05) is 24.7 Å². The van der Waals surface area contributed by atoms with Gasteiger partial charge in [-0.05, 0) is 37.1 Å². The van der Waals surface area contributed by atoms with Crippen LogP contribution in [0.15, 0.2) is 24.3 Å². The lowest BCUT2D eigenvalue weighted by Gasteiger charge is -2.32. The Balaban J connectivity index is 1.99. The number of rotatable bonds is 2. The van der Waals surface area contributed by atoms with E-state index >= 15 is 0 Å². The third-order valence-corrected chi connectivity index (χ3v) is 3.09. The van der Waals surface area contributed by atoms with Gasteiger partial charge in [0.15, 0.2) is 0 Å². The van der Waals surface area contributed by atoms with Crippen LogP contribution in [-0.2, 0) is 4.79 Å². The molecule has 0 spiro atoms. The maximum Gasteiger partial charge on any atom is 0.220 e. The number of anilines is 1. The van der Waals surface area contributed by atoms with Crippen molar-refractivity contribution in [2.45, 2.75) is 12.8 Å². The largest absolute Gasteiger partial charge is 0.371 e. The van der Waals surface area contributed by atoms with Crippen molar-refractivity contribution < 1.29 is 9.18 Å².